The largest absolute Gasteiger partial charge is 0.508 e. The van der Waals surface area contributed by atoms with Gasteiger partial charge in [0.2, 0.25) is 0 Å². The molecule has 112 valence electrons. The van der Waals surface area contributed by atoms with Crippen LogP contribution in [0.4, 0.5) is 0 Å². The van der Waals surface area contributed by atoms with E-state index in [0.29, 0.717) is 34.6 Å². The molecule has 0 bridgehead atoms. The van der Waals surface area contributed by atoms with Crippen molar-refractivity contribution in [2.45, 2.75) is 6.92 Å². The fourth-order valence-corrected chi connectivity index (χ4v) is 2.23. The first-order valence-electron chi connectivity index (χ1n) is 6.81. The number of fused-ring (bicyclic) bond motifs is 1. The Kier molecular flexibility index (Phi) is 3.47. The van der Waals surface area contributed by atoms with E-state index in [1.807, 2.05) is 6.92 Å². The molecule has 0 saturated carbocycles. The van der Waals surface area contributed by atoms with Gasteiger partial charge in [-0.25, -0.2) is 0 Å². The predicted molar refractivity (Wildman–Crippen MR) is 82.4 cm³/mol. The van der Waals surface area contributed by atoms with E-state index < -0.39 is 0 Å². The van der Waals surface area contributed by atoms with Crippen LogP contribution in [0.5, 0.6) is 17.2 Å². The van der Waals surface area contributed by atoms with Crippen LogP contribution in [0.3, 0.4) is 0 Å². The Balaban J connectivity index is 2.16. The molecular formula is C17H14O5. The van der Waals surface area contributed by atoms with Crippen LogP contribution in [0.15, 0.2) is 51.7 Å². The van der Waals surface area contributed by atoms with E-state index in [0.717, 1.165) is 0 Å². The van der Waals surface area contributed by atoms with Gasteiger partial charge in [0.15, 0.2) is 16.9 Å². The molecule has 0 unspecified atom stereocenters. The molecule has 0 atom stereocenters. The average Bonchev–Trinajstić information content (AvgIpc) is 2.50. The minimum atomic E-state index is -0.252. The van der Waals surface area contributed by atoms with Crippen molar-refractivity contribution in [3.05, 3.63) is 52.7 Å². The quantitative estimate of drug-likeness (QED) is 0.775. The van der Waals surface area contributed by atoms with Crippen LogP contribution in [0, 0.1) is 0 Å². The highest BCUT2D eigenvalue weighted by molar-refractivity contribution is 5.80. The van der Waals surface area contributed by atoms with E-state index in [1.54, 1.807) is 18.2 Å². The number of rotatable bonds is 3. The zero-order valence-electron chi connectivity index (χ0n) is 11.9. The standard InChI is InChI=1S/C17H14O5/c1-2-21-17-7-10(3-5-13(17)19)16-9-14(20)12-8-11(18)4-6-15(12)22-16/h3-9,18-19H,2H2,1H3. The molecule has 0 fully saturated rings. The number of phenols is 2. The van der Waals surface area contributed by atoms with Crippen LogP contribution < -0.4 is 10.2 Å². The van der Waals surface area contributed by atoms with Gasteiger partial charge < -0.3 is 19.4 Å². The van der Waals surface area contributed by atoms with Crippen molar-refractivity contribution in [2.75, 3.05) is 6.61 Å². The van der Waals surface area contributed by atoms with Gasteiger partial charge in [-0.2, -0.15) is 0 Å². The Labute approximate surface area is 126 Å². The molecule has 0 aliphatic rings. The highest BCUT2D eigenvalue weighted by atomic mass is 16.5. The van der Waals surface area contributed by atoms with Crippen molar-refractivity contribution in [3.63, 3.8) is 0 Å². The Morgan fingerprint density at radius 2 is 1.91 bits per heavy atom. The predicted octanol–water partition coefficient (Wildman–Crippen LogP) is 3.27. The lowest BCUT2D eigenvalue weighted by atomic mass is 10.1. The zero-order chi connectivity index (χ0) is 15.7. The lowest BCUT2D eigenvalue weighted by Crippen LogP contribution is -2.00. The molecule has 2 N–H and O–H groups in total. The molecule has 0 radical (unpaired) electrons. The second-order valence-electron chi connectivity index (χ2n) is 4.77. The number of phenolic OH excluding ortho intramolecular Hbond substituents is 2. The van der Waals surface area contributed by atoms with Gasteiger partial charge in [-0.1, -0.05) is 0 Å². The molecule has 2 aromatic carbocycles. The monoisotopic (exact) mass is 298 g/mol. The van der Waals surface area contributed by atoms with Crippen LogP contribution in [0.25, 0.3) is 22.3 Å². The molecule has 0 amide bonds. The molecule has 22 heavy (non-hydrogen) atoms. The van der Waals surface area contributed by atoms with Gasteiger partial charge >= 0.3 is 0 Å². The Morgan fingerprint density at radius 1 is 1.09 bits per heavy atom. The maximum atomic E-state index is 12.2. The molecule has 0 spiro atoms. The van der Waals surface area contributed by atoms with E-state index in [2.05, 4.69) is 0 Å². The van der Waals surface area contributed by atoms with E-state index in [4.69, 9.17) is 9.15 Å². The minimum absolute atomic E-state index is 0.0100. The summed E-state index contributed by atoms with van der Waals surface area (Å²) in [4.78, 5) is 12.2. The molecule has 0 aliphatic heterocycles. The summed E-state index contributed by atoms with van der Waals surface area (Å²) >= 11 is 0. The van der Waals surface area contributed by atoms with E-state index in [1.165, 1.54) is 24.3 Å². The number of aromatic hydroxyl groups is 2. The van der Waals surface area contributed by atoms with Gasteiger partial charge in [-0.3, -0.25) is 4.79 Å². The molecule has 1 heterocycles. The molecule has 3 aromatic rings. The first kappa shape index (κ1) is 14.0. The number of hydrogen-bond donors (Lipinski definition) is 2. The third-order valence-corrected chi connectivity index (χ3v) is 3.25. The second kappa shape index (κ2) is 5.44. The van der Waals surface area contributed by atoms with Crippen molar-refractivity contribution < 1.29 is 19.4 Å². The van der Waals surface area contributed by atoms with Gasteiger partial charge in [0.25, 0.3) is 0 Å². The number of ether oxygens (including phenoxy) is 1. The summed E-state index contributed by atoms with van der Waals surface area (Å²) in [6, 6.07) is 10.5. The molecule has 1 aromatic heterocycles. The normalized spacial score (nSPS) is 10.8. The SMILES string of the molecule is CCOc1cc(-c2cc(=O)c3cc(O)ccc3o2)ccc1O. The van der Waals surface area contributed by atoms with E-state index in [9.17, 15) is 15.0 Å². The van der Waals surface area contributed by atoms with Crippen molar-refractivity contribution in [3.8, 4) is 28.6 Å². The summed E-state index contributed by atoms with van der Waals surface area (Å²) in [6.45, 7) is 2.23. The summed E-state index contributed by atoms with van der Waals surface area (Å²) in [5.74, 6) is 0.729. The molecule has 0 saturated heterocycles. The third kappa shape index (κ3) is 2.48. The first-order chi connectivity index (χ1) is 10.6. The Bertz CT molecular complexity index is 895. The lowest BCUT2D eigenvalue weighted by Gasteiger charge is -2.08. The summed E-state index contributed by atoms with van der Waals surface area (Å²) in [5.41, 5.74) is 0.748. The topological polar surface area (TPSA) is 79.9 Å². The van der Waals surface area contributed by atoms with Gasteiger partial charge in [-0.05, 0) is 43.3 Å². The second-order valence-corrected chi connectivity index (χ2v) is 4.77. The minimum Gasteiger partial charge on any atom is -0.508 e. The molecule has 5 heteroatoms. The zero-order valence-corrected chi connectivity index (χ0v) is 11.9. The summed E-state index contributed by atoms with van der Waals surface area (Å²) < 4.78 is 11.0. The van der Waals surface area contributed by atoms with E-state index in [-0.39, 0.29) is 16.9 Å². The highest BCUT2D eigenvalue weighted by Crippen LogP contribution is 2.32. The molecule has 5 nitrogen and oxygen atoms in total. The summed E-state index contributed by atoms with van der Waals surface area (Å²) in [6.07, 6.45) is 0. The summed E-state index contributed by atoms with van der Waals surface area (Å²) in [7, 11) is 0. The number of hydrogen-bond acceptors (Lipinski definition) is 5. The van der Waals surface area contributed by atoms with Crippen LogP contribution in [-0.4, -0.2) is 16.8 Å². The third-order valence-electron chi connectivity index (χ3n) is 3.25. The lowest BCUT2D eigenvalue weighted by molar-refractivity contribution is 0.318. The van der Waals surface area contributed by atoms with Crippen molar-refractivity contribution in [2.24, 2.45) is 0 Å². The summed E-state index contributed by atoms with van der Waals surface area (Å²) in [5, 5.41) is 19.5. The fourth-order valence-electron chi connectivity index (χ4n) is 2.23. The maximum Gasteiger partial charge on any atom is 0.193 e. The van der Waals surface area contributed by atoms with Crippen molar-refractivity contribution in [1.82, 2.24) is 0 Å². The molecule has 0 aliphatic carbocycles. The molecular weight excluding hydrogens is 284 g/mol. The van der Waals surface area contributed by atoms with E-state index >= 15 is 0 Å². The Hall–Kier alpha value is -2.95. The fraction of sp³-hybridized carbons (Fsp3) is 0.118. The smallest absolute Gasteiger partial charge is 0.193 e. The van der Waals surface area contributed by atoms with Gasteiger partial charge in [0, 0.05) is 11.6 Å². The maximum absolute atomic E-state index is 12.2. The van der Waals surface area contributed by atoms with Gasteiger partial charge in [-0.15, -0.1) is 0 Å². The van der Waals surface area contributed by atoms with Crippen LogP contribution >= 0.6 is 0 Å². The average molecular weight is 298 g/mol. The van der Waals surface area contributed by atoms with Crippen LogP contribution in [0.2, 0.25) is 0 Å². The van der Waals surface area contributed by atoms with Gasteiger partial charge in [0.1, 0.15) is 17.1 Å². The van der Waals surface area contributed by atoms with Crippen molar-refractivity contribution >= 4 is 11.0 Å². The van der Waals surface area contributed by atoms with Gasteiger partial charge in [0.05, 0.1) is 12.0 Å². The first-order valence-corrected chi connectivity index (χ1v) is 6.81. The van der Waals surface area contributed by atoms with Crippen molar-refractivity contribution in [1.29, 1.82) is 0 Å². The van der Waals surface area contributed by atoms with Crippen LogP contribution in [0.1, 0.15) is 6.92 Å². The van der Waals surface area contributed by atoms with Crippen LogP contribution in [-0.2, 0) is 0 Å². The Morgan fingerprint density at radius 3 is 2.68 bits per heavy atom. The highest BCUT2D eigenvalue weighted by Gasteiger charge is 2.10. The number of benzene rings is 2. The molecule has 3 rings (SSSR count).